The number of piperazine rings is 1. The van der Waals surface area contributed by atoms with E-state index in [1.165, 1.54) is 5.56 Å². The Kier molecular flexibility index (Phi) is 4.25. The molecule has 0 aromatic heterocycles. The lowest BCUT2D eigenvalue weighted by molar-refractivity contribution is 0.0616. The average molecular weight is 260 g/mol. The highest BCUT2D eigenvalue weighted by Gasteiger charge is 2.27. The number of nitrogens with zero attached hydrogens (tertiary/aromatic N) is 1. The Morgan fingerprint density at radius 2 is 1.89 bits per heavy atom. The molecule has 1 aromatic rings. The van der Waals surface area contributed by atoms with Crippen molar-refractivity contribution in [3.05, 3.63) is 35.4 Å². The van der Waals surface area contributed by atoms with Crippen molar-refractivity contribution in [1.29, 1.82) is 0 Å². The summed E-state index contributed by atoms with van der Waals surface area (Å²) in [5, 5.41) is 3.40. The highest BCUT2D eigenvalue weighted by molar-refractivity contribution is 5.94. The number of carbonyl (C=O) groups excluding carboxylic acids is 1. The van der Waals surface area contributed by atoms with Crippen LogP contribution in [0.2, 0.25) is 0 Å². The first-order chi connectivity index (χ1) is 8.99. The Balaban J connectivity index is 2.14. The predicted octanol–water partition coefficient (Wildman–Crippen LogP) is 2.63. The Morgan fingerprint density at radius 1 is 1.26 bits per heavy atom. The number of amides is 1. The van der Waals surface area contributed by atoms with Gasteiger partial charge in [-0.2, -0.15) is 0 Å². The number of hydrogen-bond donors (Lipinski definition) is 1. The zero-order valence-electron chi connectivity index (χ0n) is 12.3. The molecule has 3 heteroatoms. The first kappa shape index (κ1) is 14.1. The number of nitrogens with one attached hydrogen (secondary N) is 1. The molecule has 1 aromatic carbocycles. The minimum Gasteiger partial charge on any atom is -0.333 e. The summed E-state index contributed by atoms with van der Waals surface area (Å²) in [6.45, 7) is 10.2. The monoisotopic (exact) mass is 260 g/mol. The van der Waals surface area contributed by atoms with Crippen LogP contribution in [0, 0.1) is 0 Å². The van der Waals surface area contributed by atoms with Gasteiger partial charge in [-0.05, 0) is 37.5 Å². The third-order valence-corrected chi connectivity index (χ3v) is 3.85. The molecule has 19 heavy (non-hydrogen) atoms. The first-order valence-corrected chi connectivity index (χ1v) is 7.13. The van der Waals surface area contributed by atoms with Gasteiger partial charge in [-0.15, -0.1) is 0 Å². The predicted molar refractivity (Wildman–Crippen MR) is 78.5 cm³/mol. The maximum Gasteiger partial charge on any atom is 0.254 e. The van der Waals surface area contributed by atoms with Crippen LogP contribution in [0.3, 0.4) is 0 Å². The fraction of sp³-hybridized carbons (Fsp3) is 0.562. The van der Waals surface area contributed by atoms with E-state index in [1.807, 2.05) is 17.0 Å². The van der Waals surface area contributed by atoms with Crippen molar-refractivity contribution in [3.8, 4) is 0 Å². The fourth-order valence-corrected chi connectivity index (χ4v) is 2.48. The molecule has 1 saturated heterocycles. The number of rotatable bonds is 2. The summed E-state index contributed by atoms with van der Waals surface area (Å²) in [7, 11) is 0. The molecule has 104 valence electrons. The van der Waals surface area contributed by atoms with Crippen molar-refractivity contribution >= 4 is 5.91 Å². The number of hydrogen-bond acceptors (Lipinski definition) is 2. The van der Waals surface area contributed by atoms with Crippen LogP contribution in [-0.4, -0.2) is 36.0 Å². The molecule has 0 spiro atoms. The molecular weight excluding hydrogens is 236 g/mol. The standard InChI is InChI=1S/C16H24N2O/c1-11(2)14-5-7-15(8-6-14)16(19)18-10-12(3)17-9-13(18)4/h5-8,11-13,17H,9-10H2,1-4H3. The highest BCUT2D eigenvalue weighted by atomic mass is 16.2. The molecule has 1 N–H and O–H groups in total. The van der Waals surface area contributed by atoms with Gasteiger partial charge in [-0.3, -0.25) is 4.79 Å². The Labute approximate surface area is 116 Å². The van der Waals surface area contributed by atoms with Crippen LogP contribution in [0.4, 0.5) is 0 Å². The molecule has 1 amide bonds. The summed E-state index contributed by atoms with van der Waals surface area (Å²) in [6.07, 6.45) is 0. The average Bonchev–Trinajstić information content (AvgIpc) is 2.41. The van der Waals surface area contributed by atoms with E-state index in [1.54, 1.807) is 0 Å². The van der Waals surface area contributed by atoms with Crippen LogP contribution in [0.15, 0.2) is 24.3 Å². The van der Waals surface area contributed by atoms with Gasteiger partial charge >= 0.3 is 0 Å². The van der Waals surface area contributed by atoms with E-state index < -0.39 is 0 Å². The summed E-state index contributed by atoms with van der Waals surface area (Å²) >= 11 is 0. The molecule has 2 atom stereocenters. The molecule has 2 unspecified atom stereocenters. The van der Waals surface area contributed by atoms with Gasteiger partial charge in [0.15, 0.2) is 0 Å². The van der Waals surface area contributed by atoms with E-state index >= 15 is 0 Å². The van der Waals surface area contributed by atoms with Crippen molar-refractivity contribution in [2.75, 3.05) is 13.1 Å². The molecule has 0 radical (unpaired) electrons. The molecule has 0 saturated carbocycles. The van der Waals surface area contributed by atoms with Gasteiger partial charge in [-0.1, -0.05) is 26.0 Å². The fourth-order valence-electron chi connectivity index (χ4n) is 2.48. The van der Waals surface area contributed by atoms with Crippen LogP contribution in [0.1, 0.15) is 49.5 Å². The third-order valence-electron chi connectivity index (χ3n) is 3.85. The second-order valence-electron chi connectivity index (χ2n) is 5.89. The minimum absolute atomic E-state index is 0.149. The lowest BCUT2D eigenvalue weighted by Gasteiger charge is -2.37. The van der Waals surface area contributed by atoms with Crippen molar-refractivity contribution in [2.45, 2.75) is 45.7 Å². The van der Waals surface area contributed by atoms with E-state index in [4.69, 9.17) is 0 Å². The molecule has 3 nitrogen and oxygen atoms in total. The lowest BCUT2D eigenvalue weighted by atomic mass is 10.0. The normalized spacial score (nSPS) is 23.7. The molecule has 1 aliphatic heterocycles. The highest BCUT2D eigenvalue weighted by Crippen LogP contribution is 2.17. The quantitative estimate of drug-likeness (QED) is 0.886. The van der Waals surface area contributed by atoms with Crippen LogP contribution < -0.4 is 5.32 Å². The number of carbonyl (C=O) groups is 1. The van der Waals surface area contributed by atoms with E-state index in [0.29, 0.717) is 12.0 Å². The van der Waals surface area contributed by atoms with Gasteiger partial charge in [0.25, 0.3) is 5.91 Å². The van der Waals surface area contributed by atoms with Crippen LogP contribution in [0.5, 0.6) is 0 Å². The SMILES string of the molecule is CC1CN(C(=O)c2ccc(C(C)C)cc2)C(C)CN1. The Morgan fingerprint density at radius 3 is 2.47 bits per heavy atom. The van der Waals surface area contributed by atoms with Crippen molar-refractivity contribution in [2.24, 2.45) is 0 Å². The lowest BCUT2D eigenvalue weighted by Crippen LogP contribution is -2.56. The van der Waals surface area contributed by atoms with Crippen molar-refractivity contribution < 1.29 is 4.79 Å². The Hall–Kier alpha value is -1.35. The maximum absolute atomic E-state index is 12.5. The van der Waals surface area contributed by atoms with E-state index in [-0.39, 0.29) is 11.9 Å². The molecule has 1 aliphatic rings. The van der Waals surface area contributed by atoms with Gasteiger partial charge in [0.1, 0.15) is 0 Å². The minimum atomic E-state index is 0.149. The summed E-state index contributed by atoms with van der Waals surface area (Å²) in [5.74, 6) is 0.651. The Bertz CT molecular complexity index is 439. The van der Waals surface area contributed by atoms with Crippen molar-refractivity contribution in [1.82, 2.24) is 10.2 Å². The summed E-state index contributed by atoms with van der Waals surface area (Å²) in [6, 6.07) is 8.67. The summed E-state index contributed by atoms with van der Waals surface area (Å²) < 4.78 is 0. The maximum atomic E-state index is 12.5. The van der Waals surface area contributed by atoms with Crippen LogP contribution in [-0.2, 0) is 0 Å². The zero-order chi connectivity index (χ0) is 14.0. The molecule has 2 rings (SSSR count). The van der Waals surface area contributed by atoms with Crippen LogP contribution in [0.25, 0.3) is 0 Å². The van der Waals surface area contributed by atoms with Gasteiger partial charge in [0.2, 0.25) is 0 Å². The van der Waals surface area contributed by atoms with Crippen molar-refractivity contribution in [3.63, 3.8) is 0 Å². The second-order valence-corrected chi connectivity index (χ2v) is 5.89. The first-order valence-electron chi connectivity index (χ1n) is 7.13. The number of benzene rings is 1. The van der Waals surface area contributed by atoms with E-state index in [9.17, 15) is 4.79 Å². The molecule has 1 heterocycles. The van der Waals surface area contributed by atoms with Crippen LogP contribution >= 0.6 is 0 Å². The smallest absolute Gasteiger partial charge is 0.254 e. The van der Waals surface area contributed by atoms with E-state index in [2.05, 4.69) is 45.1 Å². The molecular formula is C16H24N2O. The largest absolute Gasteiger partial charge is 0.333 e. The topological polar surface area (TPSA) is 32.3 Å². The van der Waals surface area contributed by atoms with E-state index in [0.717, 1.165) is 18.7 Å². The zero-order valence-corrected chi connectivity index (χ0v) is 12.3. The van der Waals surface area contributed by atoms with Gasteiger partial charge in [-0.25, -0.2) is 0 Å². The molecule has 0 bridgehead atoms. The second kappa shape index (κ2) is 5.74. The van der Waals surface area contributed by atoms with Gasteiger partial charge in [0.05, 0.1) is 0 Å². The third kappa shape index (κ3) is 3.16. The van der Waals surface area contributed by atoms with Gasteiger partial charge < -0.3 is 10.2 Å². The molecule has 0 aliphatic carbocycles. The summed E-state index contributed by atoms with van der Waals surface area (Å²) in [5.41, 5.74) is 2.07. The van der Waals surface area contributed by atoms with Gasteiger partial charge in [0, 0.05) is 30.7 Å². The molecule has 1 fully saturated rings. The summed E-state index contributed by atoms with van der Waals surface area (Å²) in [4.78, 5) is 14.5.